The molecule has 78 valence electrons. The number of ether oxygens (including phenoxy) is 1. The number of aldehydes is 1. The topological polar surface area (TPSA) is 69.4 Å². The van der Waals surface area contributed by atoms with Crippen LogP contribution in [0.4, 0.5) is 5.69 Å². The Bertz CT molecular complexity index is 399. The molecule has 1 aromatic carbocycles. The SMILES string of the molecule is C=CCOC(=O)c1cc(N)cc(C=O)c1. The molecular weight excluding hydrogens is 194 g/mol. The van der Waals surface area contributed by atoms with Gasteiger partial charge >= 0.3 is 5.97 Å². The average Bonchev–Trinajstić information content (AvgIpc) is 2.24. The first kappa shape index (κ1) is 11.0. The summed E-state index contributed by atoms with van der Waals surface area (Å²) in [5, 5.41) is 0. The van der Waals surface area contributed by atoms with E-state index in [4.69, 9.17) is 10.5 Å². The maximum absolute atomic E-state index is 11.4. The molecule has 0 unspecified atom stereocenters. The zero-order chi connectivity index (χ0) is 11.3. The highest BCUT2D eigenvalue weighted by Gasteiger charge is 2.08. The fraction of sp³-hybridized carbons (Fsp3) is 0.0909. The van der Waals surface area contributed by atoms with Gasteiger partial charge in [-0.15, -0.1) is 0 Å². The summed E-state index contributed by atoms with van der Waals surface area (Å²) in [5.74, 6) is -0.523. The van der Waals surface area contributed by atoms with Crippen LogP contribution in [0.5, 0.6) is 0 Å². The van der Waals surface area contributed by atoms with Crippen molar-refractivity contribution in [1.29, 1.82) is 0 Å². The highest BCUT2D eigenvalue weighted by molar-refractivity contribution is 5.93. The number of benzene rings is 1. The van der Waals surface area contributed by atoms with Crippen molar-refractivity contribution in [1.82, 2.24) is 0 Å². The number of carbonyl (C=O) groups excluding carboxylic acids is 2. The Morgan fingerprint density at radius 3 is 2.80 bits per heavy atom. The van der Waals surface area contributed by atoms with E-state index in [2.05, 4.69) is 6.58 Å². The molecule has 0 atom stereocenters. The molecule has 15 heavy (non-hydrogen) atoms. The van der Waals surface area contributed by atoms with Gasteiger partial charge in [0.1, 0.15) is 12.9 Å². The second kappa shape index (κ2) is 4.95. The molecule has 1 aromatic rings. The smallest absolute Gasteiger partial charge is 0.338 e. The van der Waals surface area contributed by atoms with E-state index >= 15 is 0 Å². The number of hydrogen-bond donors (Lipinski definition) is 1. The fourth-order valence-electron chi connectivity index (χ4n) is 1.08. The number of hydrogen-bond acceptors (Lipinski definition) is 4. The summed E-state index contributed by atoms with van der Waals surface area (Å²) in [5.41, 5.74) is 6.48. The molecule has 0 aromatic heterocycles. The minimum Gasteiger partial charge on any atom is -0.458 e. The predicted molar refractivity (Wildman–Crippen MR) is 56.7 cm³/mol. The van der Waals surface area contributed by atoms with Gasteiger partial charge in [-0.05, 0) is 18.2 Å². The number of anilines is 1. The van der Waals surface area contributed by atoms with E-state index < -0.39 is 5.97 Å². The van der Waals surface area contributed by atoms with E-state index in [1.165, 1.54) is 24.3 Å². The molecule has 0 fully saturated rings. The molecule has 0 saturated heterocycles. The highest BCUT2D eigenvalue weighted by atomic mass is 16.5. The second-order valence-electron chi connectivity index (χ2n) is 2.89. The first-order valence-electron chi connectivity index (χ1n) is 4.31. The van der Waals surface area contributed by atoms with Gasteiger partial charge in [-0.3, -0.25) is 4.79 Å². The third-order valence-electron chi connectivity index (χ3n) is 1.68. The van der Waals surface area contributed by atoms with Gasteiger partial charge in [-0.2, -0.15) is 0 Å². The van der Waals surface area contributed by atoms with E-state index in [1.54, 1.807) is 0 Å². The van der Waals surface area contributed by atoms with E-state index in [1.807, 2.05) is 0 Å². The van der Waals surface area contributed by atoms with Gasteiger partial charge in [0.15, 0.2) is 0 Å². The van der Waals surface area contributed by atoms with Crippen LogP contribution in [-0.2, 0) is 4.74 Å². The predicted octanol–water partition coefficient (Wildman–Crippen LogP) is 1.42. The van der Waals surface area contributed by atoms with E-state index in [9.17, 15) is 9.59 Å². The molecule has 0 saturated carbocycles. The van der Waals surface area contributed by atoms with Crippen LogP contribution in [0.25, 0.3) is 0 Å². The Balaban J connectivity index is 2.92. The van der Waals surface area contributed by atoms with Crippen molar-refractivity contribution in [3.63, 3.8) is 0 Å². The lowest BCUT2D eigenvalue weighted by molar-refractivity contribution is 0.0550. The molecule has 2 N–H and O–H groups in total. The van der Waals surface area contributed by atoms with Gasteiger partial charge in [0, 0.05) is 11.3 Å². The van der Waals surface area contributed by atoms with Gasteiger partial charge in [-0.1, -0.05) is 12.7 Å². The van der Waals surface area contributed by atoms with Crippen molar-refractivity contribution >= 4 is 17.9 Å². The summed E-state index contributed by atoms with van der Waals surface area (Å²) in [7, 11) is 0. The van der Waals surface area contributed by atoms with Gasteiger partial charge in [0.05, 0.1) is 5.56 Å². The number of carbonyl (C=O) groups is 2. The second-order valence-corrected chi connectivity index (χ2v) is 2.89. The Labute approximate surface area is 87.3 Å². The summed E-state index contributed by atoms with van der Waals surface area (Å²) in [4.78, 5) is 21.9. The zero-order valence-electron chi connectivity index (χ0n) is 8.10. The van der Waals surface area contributed by atoms with Crippen LogP contribution in [0, 0.1) is 0 Å². The molecule has 4 nitrogen and oxygen atoms in total. The van der Waals surface area contributed by atoms with E-state index in [0.29, 0.717) is 17.5 Å². The Morgan fingerprint density at radius 2 is 2.20 bits per heavy atom. The van der Waals surface area contributed by atoms with Crippen molar-refractivity contribution in [2.45, 2.75) is 0 Å². The first-order valence-corrected chi connectivity index (χ1v) is 4.31. The Hall–Kier alpha value is -2.10. The quantitative estimate of drug-likeness (QED) is 0.349. The van der Waals surface area contributed by atoms with Gasteiger partial charge in [-0.25, -0.2) is 4.79 Å². The molecule has 0 aliphatic rings. The Morgan fingerprint density at radius 1 is 1.47 bits per heavy atom. The maximum Gasteiger partial charge on any atom is 0.338 e. The zero-order valence-corrected chi connectivity index (χ0v) is 8.10. The lowest BCUT2D eigenvalue weighted by Gasteiger charge is -2.03. The van der Waals surface area contributed by atoms with Crippen molar-refractivity contribution < 1.29 is 14.3 Å². The summed E-state index contributed by atoms with van der Waals surface area (Å²) in [6.45, 7) is 3.55. The lowest BCUT2D eigenvalue weighted by atomic mass is 10.1. The van der Waals surface area contributed by atoms with Crippen LogP contribution < -0.4 is 5.73 Å². The molecule has 4 heteroatoms. The van der Waals surface area contributed by atoms with Crippen molar-refractivity contribution in [3.8, 4) is 0 Å². The maximum atomic E-state index is 11.4. The molecular formula is C11H11NO3. The minimum atomic E-state index is -0.523. The number of rotatable bonds is 4. The van der Waals surface area contributed by atoms with Crippen LogP contribution in [0.3, 0.4) is 0 Å². The number of esters is 1. The van der Waals surface area contributed by atoms with E-state index in [-0.39, 0.29) is 12.2 Å². The Kier molecular flexibility index (Phi) is 3.62. The third-order valence-corrected chi connectivity index (χ3v) is 1.68. The van der Waals surface area contributed by atoms with Crippen molar-refractivity contribution in [3.05, 3.63) is 42.0 Å². The first-order chi connectivity index (χ1) is 7.17. The standard InChI is InChI=1S/C11H11NO3/c1-2-3-15-11(14)9-4-8(7-13)5-10(12)6-9/h2,4-7H,1,3,12H2. The van der Waals surface area contributed by atoms with Gasteiger partial charge in [0.25, 0.3) is 0 Å². The number of nitrogens with two attached hydrogens (primary N) is 1. The normalized spacial score (nSPS) is 9.33. The molecule has 0 bridgehead atoms. The fourth-order valence-corrected chi connectivity index (χ4v) is 1.08. The van der Waals surface area contributed by atoms with Gasteiger partial charge < -0.3 is 10.5 Å². The summed E-state index contributed by atoms with van der Waals surface area (Å²) in [6.07, 6.45) is 2.09. The number of nitrogen functional groups attached to an aromatic ring is 1. The molecule has 0 heterocycles. The molecule has 0 aliphatic carbocycles. The van der Waals surface area contributed by atoms with Gasteiger partial charge in [0.2, 0.25) is 0 Å². The van der Waals surface area contributed by atoms with E-state index in [0.717, 1.165) is 0 Å². The molecule has 0 amide bonds. The monoisotopic (exact) mass is 205 g/mol. The summed E-state index contributed by atoms with van der Waals surface area (Å²) in [6, 6.07) is 4.37. The van der Waals surface area contributed by atoms with Crippen LogP contribution in [-0.4, -0.2) is 18.9 Å². The molecule has 0 aliphatic heterocycles. The highest BCUT2D eigenvalue weighted by Crippen LogP contribution is 2.11. The lowest BCUT2D eigenvalue weighted by Crippen LogP contribution is -2.06. The third kappa shape index (κ3) is 2.95. The van der Waals surface area contributed by atoms with Crippen molar-refractivity contribution in [2.75, 3.05) is 12.3 Å². The van der Waals surface area contributed by atoms with Crippen LogP contribution >= 0.6 is 0 Å². The molecule has 0 radical (unpaired) electrons. The van der Waals surface area contributed by atoms with Crippen LogP contribution in [0.15, 0.2) is 30.9 Å². The van der Waals surface area contributed by atoms with Crippen LogP contribution in [0.1, 0.15) is 20.7 Å². The van der Waals surface area contributed by atoms with Crippen LogP contribution in [0.2, 0.25) is 0 Å². The van der Waals surface area contributed by atoms with Crippen molar-refractivity contribution in [2.24, 2.45) is 0 Å². The summed E-state index contributed by atoms with van der Waals surface area (Å²) >= 11 is 0. The molecule has 1 rings (SSSR count). The minimum absolute atomic E-state index is 0.129. The largest absolute Gasteiger partial charge is 0.458 e. The molecule has 0 spiro atoms. The summed E-state index contributed by atoms with van der Waals surface area (Å²) < 4.78 is 4.80. The average molecular weight is 205 g/mol.